The van der Waals surface area contributed by atoms with Crippen molar-refractivity contribution < 1.29 is 19.4 Å². The molecule has 2 aliphatic heterocycles. The number of hydrogen-bond donors (Lipinski definition) is 1. The lowest BCUT2D eigenvalue weighted by molar-refractivity contribution is -0.310. The Balaban J connectivity index is 2.03. The van der Waals surface area contributed by atoms with Crippen molar-refractivity contribution in [3.63, 3.8) is 0 Å². The Labute approximate surface area is 138 Å². The van der Waals surface area contributed by atoms with Crippen molar-refractivity contribution in [3.8, 4) is 5.75 Å². The van der Waals surface area contributed by atoms with Crippen LogP contribution in [-0.4, -0.2) is 21.7 Å². The molecule has 2 aliphatic rings. The molecular formula is C15H10NO5S2-. The van der Waals surface area contributed by atoms with Crippen molar-refractivity contribution in [2.75, 3.05) is 0 Å². The van der Waals surface area contributed by atoms with Crippen molar-refractivity contribution in [1.82, 2.24) is 4.98 Å². The monoisotopic (exact) mass is 348 g/mol. The molecule has 0 fully saturated rings. The zero-order chi connectivity index (χ0) is 16.4. The van der Waals surface area contributed by atoms with E-state index in [9.17, 15) is 19.5 Å². The van der Waals surface area contributed by atoms with Gasteiger partial charge in [0.15, 0.2) is 0 Å². The van der Waals surface area contributed by atoms with Crippen LogP contribution in [0.25, 0.3) is 0 Å². The predicted molar refractivity (Wildman–Crippen MR) is 81.6 cm³/mol. The molecule has 3 heterocycles. The number of nitrogens with one attached hydrogen (secondary N) is 1. The third-order valence-electron chi connectivity index (χ3n) is 4.29. The lowest BCUT2D eigenvalue weighted by atomic mass is 9.75. The molecule has 0 spiro atoms. The fourth-order valence-corrected chi connectivity index (χ4v) is 5.64. The van der Waals surface area contributed by atoms with Gasteiger partial charge in [0, 0.05) is 16.4 Å². The van der Waals surface area contributed by atoms with E-state index in [1.165, 1.54) is 6.92 Å². The van der Waals surface area contributed by atoms with Gasteiger partial charge >= 0.3 is 10.8 Å². The maximum absolute atomic E-state index is 12.5. The highest BCUT2D eigenvalue weighted by atomic mass is 32.2. The van der Waals surface area contributed by atoms with Crippen LogP contribution in [0.15, 0.2) is 34.1 Å². The van der Waals surface area contributed by atoms with Crippen LogP contribution in [0, 0.1) is 5.92 Å². The molecule has 0 aliphatic carbocycles. The summed E-state index contributed by atoms with van der Waals surface area (Å²) in [6.45, 7) is 1.44. The van der Waals surface area contributed by atoms with E-state index < -0.39 is 28.5 Å². The van der Waals surface area contributed by atoms with Gasteiger partial charge in [-0.05, 0) is 13.0 Å². The first-order chi connectivity index (χ1) is 10.9. The Morgan fingerprint density at radius 3 is 2.83 bits per heavy atom. The van der Waals surface area contributed by atoms with Gasteiger partial charge in [0.05, 0.1) is 21.7 Å². The van der Waals surface area contributed by atoms with E-state index in [0.29, 0.717) is 21.2 Å². The van der Waals surface area contributed by atoms with E-state index in [-0.39, 0.29) is 4.87 Å². The number of ether oxygens (including phenoxy) is 1. The smallest absolute Gasteiger partial charge is 0.317 e. The molecule has 0 amide bonds. The Morgan fingerprint density at radius 2 is 2.09 bits per heavy atom. The van der Waals surface area contributed by atoms with Gasteiger partial charge in [-0.1, -0.05) is 41.3 Å². The van der Waals surface area contributed by atoms with Crippen molar-refractivity contribution in [2.45, 2.75) is 22.6 Å². The van der Waals surface area contributed by atoms with E-state index >= 15 is 0 Å². The average Bonchev–Trinajstić information content (AvgIpc) is 2.86. The zero-order valence-corrected chi connectivity index (χ0v) is 13.5. The highest BCUT2D eigenvalue weighted by Gasteiger charge is 2.55. The Bertz CT molecular complexity index is 901. The number of rotatable bonds is 1. The Hall–Kier alpha value is -2.06. The fraction of sp³-hybridized carbons (Fsp3) is 0.267. The van der Waals surface area contributed by atoms with Crippen LogP contribution in [0.4, 0.5) is 0 Å². The van der Waals surface area contributed by atoms with Crippen LogP contribution < -0.4 is 14.7 Å². The summed E-state index contributed by atoms with van der Waals surface area (Å²) in [5, 5.41) is 12.3. The number of hydrogen-bond acceptors (Lipinski definition) is 7. The molecule has 0 radical (unpaired) electrons. The SMILES string of the molecule is C[C@]1(C(=O)[O-])Sc2[nH]c(=O)sc2[C@H]2c3ccccc3OC(=O)[C@@H]21. The Morgan fingerprint density at radius 1 is 1.35 bits per heavy atom. The van der Waals surface area contributed by atoms with Crippen LogP contribution in [0.2, 0.25) is 0 Å². The quantitative estimate of drug-likeness (QED) is 0.602. The molecule has 6 nitrogen and oxygen atoms in total. The normalized spacial score (nSPS) is 28.3. The molecule has 3 atom stereocenters. The number of aromatic nitrogens is 1. The number of benzene rings is 1. The summed E-state index contributed by atoms with van der Waals surface area (Å²) >= 11 is 1.95. The van der Waals surface area contributed by atoms with Gasteiger partial charge in [0.25, 0.3) is 0 Å². The summed E-state index contributed by atoms with van der Waals surface area (Å²) < 4.78 is 3.82. The number of carbonyl (C=O) groups is 2. The number of para-hydroxylation sites is 1. The molecule has 1 N–H and O–H groups in total. The number of aromatic amines is 1. The van der Waals surface area contributed by atoms with E-state index in [2.05, 4.69) is 4.98 Å². The second-order valence-corrected chi connectivity index (χ2v) is 8.09. The predicted octanol–water partition coefficient (Wildman–Crippen LogP) is 0.718. The summed E-state index contributed by atoms with van der Waals surface area (Å²) in [6.07, 6.45) is 0. The maximum Gasteiger partial charge on any atom is 0.317 e. The van der Waals surface area contributed by atoms with E-state index in [0.717, 1.165) is 23.1 Å². The van der Waals surface area contributed by atoms with E-state index in [1.54, 1.807) is 24.3 Å². The third kappa shape index (κ3) is 1.91. The molecular weight excluding hydrogens is 338 g/mol. The lowest BCUT2D eigenvalue weighted by Crippen LogP contribution is -2.56. The van der Waals surface area contributed by atoms with Crippen LogP contribution in [-0.2, 0) is 9.59 Å². The molecule has 1 aromatic carbocycles. The van der Waals surface area contributed by atoms with Gasteiger partial charge in [-0.2, -0.15) is 0 Å². The number of aliphatic carboxylic acids is 1. The van der Waals surface area contributed by atoms with Gasteiger partial charge < -0.3 is 19.6 Å². The molecule has 8 heteroatoms. The number of carboxylic acid groups (broad SMARTS) is 1. The van der Waals surface area contributed by atoms with Crippen LogP contribution in [0.5, 0.6) is 5.75 Å². The van der Waals surface area contributed by atoms with Crippen LogP contribution >= 0.6 is 23.1 Å². The number of fused-ring (bicyclic) bond motifs is 5. The molecule has 118 valence electrons. The highest BCUT2D eigenvalue weighted by molar-refractivity contribution is 8.01. The molecule has 0 saturated carbocycles. The summed E-state index contributed by atoms with van der Waals surface area (Å²) in [7, 11) is 0. The second-order valence-electron chi connectivity index (χ2n) is 5.62. The number of H-pyrrole nitrogens is 1. The number of thiazole rings is 1. The first kappa shape index (κ1) is 14.5. The largest absolute Gasteiger partial charge is 0.549 e. The van der Waals surface area contributed by atoms with Crippen molar-refractivity contribution in [3.05, 3.63) is 44.4 Å². The fourth-order valence-electron chi connectivity index (χ4n) is 3.20. The number of carbonyl (C=O) groups excluding carboxylic acids is 2. The third-order valence-corrected chi connectivity index (χ3v) is 6.75. The molecule has 4 rings (SSSR count). The maximum atomic E-state index is 12.5. The molecule has 0 bridgehead atoms. The number of esters is 1. The van der Waals surface area contributed by atoms with Gasteiger partial charge in [0.1, 0.15) is 5.75 Å². The second kappa shape index (κ2) is 4.72. The van der Waals surface area contributed by atoms with E-state index in [1.807, 2.05) is 0 Å². The van der Waals surface area contributed by atoms with Crippen molar-refractivity contribution in [2.24, 2.45) is 5.92 Å². The summed E-state index contributed by atoms with van der Waals surface area (Å²) in [6, 6.07) is 6.99. The molecule has 0 saturated heterocycles. The first-order valence-corrected chi connectivity index (χ1v) is 8.49. The van der Waals surface area contributed by atoms with Gasteiger partial charge in [-0.25, -0.2) is 0 Å². The number of thioether (sulfide) groups is 1. The summed E-state index contributed by atoms with van der Waals surface area (Å²) in [5.74, 6) is -3.05. The summed E-state index contributed by atoms with van der Waals surface area (Å²) in [4.78, 5) is 39.1. The minimum Gasteiger partial charge on any atom is -0.549 e. The highest BCUT2D eigenvalue weighted by Crippen LogP contribution is 2.57. The standard InChI is InChI=1S/C15H11NO5S2/c1-15(13(18)19)9-8(10-11(23-15)16-14(20)22-10)6-4-2-3-5-7(6)21-12(9)17/h2-5,8-9H,1H3,(H,16,20)(H,18,19)/p-1/t8-,9+,15-/m0/s1. The minimum atomic E-state index is -1.52. The molecule has 0 unspecified atom stereocenters. The van der Waals surface area contributed by atoms with Crippen molar-refractivity contribution in [1.29, 1.82) is 0 Å². The van der Waals surface area contributed by atoms with Gasteiger partial charge in [-0.15, -0.1) is 0 Å². The molecule has 23 heavy (non-hydrogen) atoms. The molecule has 2 aromatic rings. The van der Waals surface area contributed by atoms with Gasteiger partial charge in [-0.3, -0.25) is 9.59 Å². The topological polar surface area (TPSA) is 99.3 Å². The van der Waals surface area contributed by atoms with Gasteiger partial charge in [0.2, 0.25) is 0 Å². The van der Waals surface area contributed by atoms with Crippen LogP contribution in [0.1, 0.15) is 23.3 Å². The zero-order valence-electron chi connectivity index (χ0n) is 11.8. The minimum absolute atomic E-state index is 0.278. The average molecular weight is 348 g/mol. The van der Waals surface area contributed by atoms with E-state index in [4.69, 9.17) is 4.74 Å². The van der Waals surface area contributed by atoms with Crippen molar-refractivity contribution >= 4 is 35.0 Å². The Kier molecular flexibility index (Phi) is 2.98. The summed E-state index contributed by atoms with van der Waals surface area (Å²) in [5.41, 5.74) is 0.710. The first-order valence-electron chi connectivity index (χ1n) is 6.86. The molecule has 1 aromatic heterocycles. The van der Waals surface area contributed by atoms with Crippen LogP contribution in [0.3, 0.4) is 0 Å². The number of carboxylic acids is 1. The lowest BCUT2D eigenvalue weighted by Gasteiger charge is -2.45.